The zero-order chi connectivity index (χ0) is 28.3. The van der Waals surface area contributed by atoms with E-state index in [0.717, 1.165) is 5.56 Å². The lowest BCUT2D eigenvalue weighted by atomic mass is 9.87. The molecule has 0 aliphatic carbocycles. The minimum absolute atomic E-state index is 0. The van der Waals surface area contributed by atoms with Crippen molar-refractivity contribution in [3.8, 4) is 0 Å². The highest BCUT2D eigenvalue weighted by Crippen LogP contribution is 2.41. The Labute approximate surface area is 228 Å². The molecule has 1 heterocycles. The largest absolute Gasteiger partial charge is 0.444 e. The molecular formula is C30H29F6NO3. The van der Waals surface area contributed by atoms with Crippen molar-refractivity contribution in [1.29, 1.82) is 0 Å². The van der Waals surface area contributed by atoms with Gasteiger partial charge in [-0.2, -0.15) is 26.3 Å². The first-order valence-corrected chi connectivity index (χ1v) is 12.0. The van der Waals surface area contributed by atoms with E-state index in [9.17, 15) is 31.1 Å². The number of amides is 1. The van der Waals surface area contributed by atoms with Gasteiger partial charge in [0.25, 0.3) is 0 Å². The summed E-state index contributed by atoms with van der Waals surface area (Å²) in [6, 6.07) is 19.2. The molecule has 4 nitrogen and oxygen atoms in total. The Morgan fingerprint density at radius 1 is 0.900 bits per heavy atom. The highest BCUT2D eigenvalue weighted by Gasteiger charge is 2.44. The summed E-state index contributed by atoms with van der Waals surface area (Å²) in [4.78, 5) is 14.5. The fourth-order valence-corrected chi connectivity index (χ4v) is 4.41. The number of alkyl halides is 6. The van der Waals surface area contributed by atoms with E-state index in [0.29, 0.717) is 24.1 Å². The number of nitrogens with zero attached hydrogens (tertiary/aromatic N) is 1. The third kappa shape index (κ3) is 6.85. The van der Waals surface area contributed by atoms with E-state index >= 15 is 0 Å². The van der Waals surface area contributed by atoms with Crippen LogP contribution in [0.2, 0.25) is 0 Å². The van der Waals surface area contributed by atoms with Gasteiger partial charge in [-0.05, 0) is 48.2 Å². The van der Waals surface area contributed by atoms with Gasteiger partial charge in [0.15, 0.2) is 0 Å². The molecule has 0 saturated carbocycles. The number of hydrogen-bond donors (Lipinski definition) is 0. The van der Waals surface area contributed by atoms with E-state index in [4.69, 9.17) is 9.47 Å². The summed E-state index contributed by atoms with van der Waals surface area (Å²) in [6.07, 6.45) is -8.22. The summed E-state index contributed by atoms with van der Waals surface area (Å²) in [7, 11) is 0. The van der Waals surface area contributed by atoms with Crippen LogP contribution in [0.15, 0.2) is 91.1 Å². The van der Waals surface area contributed by atoms with E-state index < -0.39 is 41.2 Å². The number of rotatable bonds is 7. The molecule has 0 saturated heterocycles. The number of hydrogen-bond acceptors (Lipinski definition) is 3. The number of carbonyl (C=O) groups excluding carboxylic acids is 1. The Bertz CT molecular complexity index is 1280. The molecule has 0 aromatic heterocycles. The smallest absolute Gasteiger partial charge is 0.416 e. The van der Waals surface area contributed by atoms with Crippen molar-refractivity contribution in [3.63, 3.8) is 0 Å². The highest BCUT2D eigenvalue weighted by molar-refractivity contribution is 5.71. The van der Waals surface area contributed by atoms with Crippen molar-refractivity contribution in [2.24, 2.45) is 0 Å². The van der Waals surface area contributed by atoms with Crippen LogP contribution in [-0.4, -0.2) is 17.6 Å². The Kier molecular flexibility index (Phi) is 9.35. The first kappa shape index (κ1) is 30.7. The van der Waals surface area contributed by atoms with Gasteiger partial charge in [-0.25, -0.2) is 4.79 Å². The normalized spacial score (nSPS) is 17.8. The molecule has 0 bridgehead atoms. The fraction of sp³-hybridized carbons (Fsp3) is 0.300. The standard InChI is InChI=1S/C29H25F6NO3.CH4/c1-20(22-15-24(28(30,31)32)17-25(16-22)29(33,34)35)39-19-27(23-11-6-3-7-12-23)13-8-14-36(27)26(37)38-18-21-9-4-2-5-10-21;/h2-12,14-17,20H,13,18-19H2,1H3;1H4/t20-,27-;/m1./s1. The SMILES string of the molecule is C.C[C@@H](OC[C@@]1(c2ccccc2)CC=CN1C(=O)OCc1ccccc1)c1cc(C(F)(F)F)cc(C(F)(F)F)c1. The maximum Gasteiger partial charge on any atom is 0.416 e. The number of benzene rings is 3. The second-order valence-electron chi connectivity index (χ2n) is 9.19. The van der Waals surface area contributed by atoms with Gasteiger partial charge in [0, 0.05) is 6.20 Å². The fourth-order valence-electron chi connectivity index (χ4n) is 4.41. The molecule has 40 heavy (non-hydrogen) atoms. The van der Waals surface area contributed by atoms with Gasteiger partial charge >= 0.3 is 18.4 Å². The van der Waals surface area contributed by atoms with Crippen molar-refractivity contribution >= 4 is 6.09 Å². The van der Waals surface area contributed by atoms with Crippen LogP contribution in [0.25, 0.3) is 0 Å². The van der Waals surface area contributed by atoms with Crippen LogP contribution in [0, 0.1) is 0 Å². The molecule has 0 radical (unpaired) electrons. The van der Waals surface area contributed by atoms with Gasteiger partial charge in [-0.15, -0.1) is 0 Å². The Morgan fingerprint density at radius 3 is 2.00 bits per heavy atom. The molecule has 1 aliphatic rings. The Hall–Kier alpha value is -3.79. The predicted octanol–water partition coefficient (Wildman–Crippen LogP) is 8.89. The van der Waals surface area contributed by atoms with Crippen molar-refractivity contribution < 1.29 is 40.6 Å². The van der Waals surface area contributed by atoms with E-state index in [1.54, 1.807) is 66.9 Å². The zero-order valence-corrected chi connectivity index (χ0v) is 20.8. The summed E-state index contributed by atoms with van der Waals surface area (Å²) in [5.74, 6) is 0. The summed E-state index contributed by atoms with van der Waals surface area (Å²) in [5.41, 5.74) is -2.82. The van der Waals surface area contributed by atoms with Crippen LogP contribution in [-0.2, 0) is 34.0 Å². The molecule has 0 spiro atoms. The van der Waals surface area contributed by atoms with Crippen molar-refractivity contribution in [2.45, 2.75) is 51.4 Å². The summed E-state index contributed by atoms with van der Waals surface area (Å²) in [5, 5.41) is 0. The first-order chi connectivity index (χ1) is 18.4. The van der Waals surface area contributed by atoms with Crippen LogP contribution in [0.1, 0.15) is 54.7 Å². The van der Waals surface area contributed by atoms with Crippen LogP contribution in [0.4, 0.5) is 31.1 Å². The van der Waals surface area contributed by atoms with E-state index in [-0.39, 0.29) is 32.3 Å². The van der Waals surface area contributed by atoms with E-state index in [1.165, 1.54) is 11.8 Å². The maximum absolute atomic E-state index is 13.4. The average Bonchev–Trinajstić information content (AvgIpc) is 3.35. The molecule has 3 aromatic rings. The third-order valence-electron chi connectivity index (χ3n) is 6.54. The third-order valence-corrected chi connectivity index (χ3v) is 6.54. The number of ether oxygens (including phenoxy) is 2. The topological polar surface area (TPSA) is 38.8 Å². The molecule has 3 aromatic carbocycles. The summed E-state index contributed by atoms with van der Waals surface area (Å²) >= 11 is 0. The highest BCUT2D eigenvalue weighted by atomic mass is 19.4. The lowest BCUT2D eigenvalue weighted by Crippen LogP contribution is -2.47. The van der Waals surface area contributed by atoms with Crippen LogP contribution >= 0.6 is 0 Å². The maximum atomic E-state index is 13.4. The van der Waals surface area contributed by atoms with E-state index in [2.05, 4.69) is 0 Å². The van der Waals surface area contributed by atoms with Gasteiger partial charge in [0.1, 0.15) is 12.1 Å². The van der Waals surface area contributed by atoms with Gasteiger partial charge < -0.3 is 9.47 Å². The van der Waals surface area contributed by atoms with Gasteiger partial charge in [0.2, 0.25) is 0 Å². The molecule has 1 amide bonds. The molecule has 4 rings (SSSR count). The minimum Gasteiger partial charge on any atom is -0.444 e. The first-order valence-electron chi connectivity index (χ1n) is 12.0. The minimum atomic E-state index is -4.98. The van der Waals surface area contributed by atoms with Crippen LogP contribution < -0.4 is 0 Å². The molecule has 214 valence electrons. The number of halogens is 6. The van der Waals surface area contributed by atoms with Crippen LogP contribution in [0.5, 0.6) is 0 Å². The van der Waals surface area contributed by atoms with Gasteiger partial charge in [-0.3, -0.25) is 4.90 Å². The quantitative estimate of drug-likeness (QED) is 0.269. The van der Waals surface area contributed by atoms with Crippen molar-refractivity contribution in [3.05, 3.63) is 119 Å². The number of carbonyl (C=O) groups is 1. The molecular weight excluding hydrogens is 536 g/mol. The van der Waals surface area contributed by atoms with Gasteiger partial charge in [-0.1, -0.05) is 74.2 Å². The second-order valence-corrected chi connectivity index (χ2v) is 9.19. The summed E-state index contributed by atoms with van der Waals surface area (Å²) < 4.78 is 91.7. The molecule has 1 aliphatic heterocycles. The predicted molar refractivity (Wildman–Crippen MR) is 138 cm³/mol. The molecule has 0 unspecified atom stereocenters. The van der Waals surface area contributed by atoms with Crippen molar-refractivity contribution in [2.75, 3.05) is 6.61 Å². The van der Waals surface area contributed by atoms with E-state index in [1.807, 2.05) is 6.07 Å². The Balaban J connectivity index is 0.00000441. The monoisotopic (exact) mass is 565 g/mol. The lowest BCUT2D eigenvalue weighted by Gasteiger charge is -2.38. The Morgan fingerprint density at radius 2 is 1.45 bits per heavy atom. The molecule has 0 N–H and O–H groups in total. The van der Waals surface area contributed by atoms with Gasteiger partial charge in [0.05, 0.1) is 23.8 Å². The van der Waals surface area contributed by atoms with Crippen LogP contribution in [0.3, 0.4) is 0 Å². The lowest BCUT2D eigenvalue weighted by molar-refractivity contribution is -0.143. The average molecular weight is 566 g/mol. The zero-order valence-electron chi connectivity index (χ0n) is 20.8. The second kappa shape index (κ2) is 12.2. The molecule has 10 heteroatoms. The van der Waals surface area contributed by atoms with Crippen molar-refractivity contribution in [1.82, 2.24) is 4.90 Å². The summed E-state index contributed by atoms with van der Waals surface area (Å²) in [6.45, 7) is 1.16. The molecule has 0 fully saturated rings. The molecule has 2 atom stereocenters.